The molecule has 0 radical (unpaired) electrons. The Kier molecular flexibility index (Phi) is 8.16. The number of halogens is 11. The highest BCUT2D eigenvalue weighted by molar-refractivity contribution is 9.10. The van der Waals surface area contributed by atoms with E-state index in [1.807, 2.05) is 0 Å². The SMILES string of the molecule is CCNc1cccc(C(=O)Cc2c(Br)cc(C(F)(C(F)(F)F)C(F)(F)F)cc2OC(F)F)c1F. The summed E-state index contributed by atoms with van der Waals surface area (Å²) < 4.78 is 136. The summed E-state index contributed by atoms with van der Waals surface area (Å²) >= 11 is 2.59. The van der Waals surface area contributed by atoms with Crippen LogP contribution in [0.2, 0.25) is 0 Å². The molecule has 0 aliphatic carbocycles. The third-order valence-electron chi connectivity index (χ3n) is 4.55. The van der Waals surface area contributed by atoms with Crippen molar-refractivity contribution in [3.05, 3.63) is 57.3 Å². The number of alkyl halides is 9. The predicted molar refractivity (Wildman–Crippen MR) is 104 cm³/mol. The van der Waals surface area contributed by atoms with Crippen LogP contribution in [0.5, 0.6) is 5.75 Å². The van der Waals surface area contributed by atoms with Gasteiger partial charge in [0.1, 0.15) is 5.75 Å². The molecule has 0 aromatic heterocycles. The van der Waals surface area contributed by atoms with Gasteiger partial charge in [0, 0.05) is 28.6 Å². The zero-order chi connectivity index (χ0) is 26.1. The minimum absolute atomic E-state index is 0.0489. The summed E-state index contributed by atoms with van der Waals surface area (Å²) in [6.45, 7) is -1.85. The molecule has 0 atom stereocenters. The van der Waals surface area contributed by atoms with Crippen molar-refractivity contribution in [1.29, 1.82) is 0 Å². The van der Waals surface area contributed by atoms with Crippen molar-refractivity contribution in [2.45, 2.75) is 38.0 Å². The van der Waals surface area contributed by atoms with Crippen LogP contribution in [0, 0.1) is 5.82 Å². The van der Waals surface area contributed by atoms with Gasteiger partial charge in [-0.1, -0.05) is 22.0 Å². The molecule has 188 valence electrons. The van der Waals surface area contributed by atoms with Crippen LogP contribution in [0.3, 0.4) is 0 Å². The number of carbonyl (C=O) groups is 1. The van der Waals surface area contributed by atoms with E-state index in [-0.39, 0.29) is 24.4 Å². The summed E-state index contributed by atoms with van der Waals surface area (Å²) in [6, 6.07) is 3.45. The molecule has 0 aliphatic rings. The minimum Gasteiger partial charge on any atom is -0.434 e. The smallest absolute Gasteiger partial charge is 0.434 e. The number of hydrogen-bond donors (Lipinski definition) is 1. The molecular weight excluding hydrogens is 556 g/mol. The molecule has 0 spiro atoms. The van der Waals surface area contributed by atoms with E-state index in [0.717, 1.165) is 6.07 Å². The first kappa shape index (κ1) is 27.7. The number of benzene rings is 2. The lowest BCUT2D eigenvalue weighted by Gasteiger charge is -2.31. The molecule has 1 N–H and O–H groups in total. The zero-order valence-electron chi connectivity index (χ0n) is 16.9. The molecule has 0 amide bonds. The fourth-order valence-corrected chi connectivity index (χ4v) is 3.58. The molecule has 0 unspecified atom stereocenters. The van der Waals surface area contributed by atoms with Gasteiger partial charge < -0.3 is 10.1 Å². The lowest BCUT2D eigenvalue weighted by Crippen LogP contribution is -2.50. The van der Waals surface area contributed by atoms with Crippen molar-refractivity contribution in [3.8, 4) is 5.75 Å². The normalized spacial score (nSPS) is 12.7. The Morgan fingerprint density at radius 3 is 2.15 bits per heavy atom. The van der Waals surface area contributed by atoms with Crippen molar-refractivity contribution in [2.24, 2.45) is 0 Å². The fraction of sp³-hybridized carbons (Fsp3) is 0.350. The summed E-state index contributed by atoms with van der Waals surface area (Å²) in [4.78, 5) is 12.6. The van der Waals surface area contributed by atoms with Gasteiger partial charge in [-0.05, 0) is 31.2 Å². The van der Waals surface area contributed by atoms with Crippen molar-refractivity contribution in [1.82, 2.24) is 0 Å². The average molecular weight is 570 g/mol. The summed E-state index contributed by atoms with van der Waals surface area (Å²) in [7, 11) is 0. The first-order valence-electron chi connectivity index (χ1n) is 9.20. The molecule has 2 aromatic rings. The zero-order valence-corrected chi connectivity index (χ0v) is 18.4. The van der Waals surface area contributed by atoms with E-state index >= 15 is 0 Å². The maximum Gasteiger partial charge on any atom is 0.435 e. The Morgan fingerprint density at radius 1 is 1.06 bits per heavy atom. The van der Waals surface area contributed by atoms with E-state index in [0.29, 0.717) is 0 Å². The number of carbonyl (C=O) groups excluding carboxylic acids is 1. The molecule has 0 aliphatic heterocycles. The van der Waals surface area contributed by atoms with Gasteiger partial charge in [0.2, 0.25) is 0 Å². The fourth-order valence-electron chi connectivity index (χ4n) is 3.00. The maximum absolute atomic E-state index is 14.6. The molecule has 3 nitrogen and oxygen atoms in total. The molecule has 0 heterocycles. The van der Waals surface area contributed by atoms with Crippen LogP contribution in [0.25, 0.3) is 0 Å². The highest BCUT2D eigenvalue weighted by atomic mass is 79.9. The number of Topliss-reactive ketones (excluding diaryl/α,β-unsaturated/α-hetero) is 1. The molecule has 14 heteroatoms. The number of ether oxygens (including phenoxy) is 1. The van der Waals surface area contributed by atoms with Crippen LogP contribution in [-0.4, -0.2) is 31.3 Å². The van der Waals surface area contributed by atoms with Gasteiger partial charge in [0.05, 0.1) is 11.3 Å². The monoisotopic (exact) mass is 569 g/mol. The first-order valence-corrected chi connectivity index (χ1v) is 9.99. The topological polar surface area (TPSA) is 38.3 Å². The van der Waals surface area contributed by atoms with Crippen LogP contribution in [0.1, 0.15) is 28.4 Å². The molecule has 0 saturated heterocycles. The van der Waals surface area contributed by atoms with E-state index in [2.05, 4.69) is 26.0 Å². The van der Waals surface area contributed by atoms with Crippen molar-refractivity contribution in [3.63, 3.8) is 0 Å². The Hall–Kier alpha value is -2.51. The highest BCUT2D eigenvalue weighted by Crippen LogP contribution is 2.54. The largest absolute Gasteiger partial charge is 0.435 e. The number of rotatable bonds is 8. The van der Waals surface area contributed by atoms with E-state index < -0.39 is 69.6 Å². The van der Waals surface area contributed by atoms with Gasteiger partial charge in [0.25, 0.3) is 0 Å². The van der Waals surface area contributed by atoms with Gasteiger partial charge in [-0.15, -0.1) is 0 Å². The Labute approximate surface area is 194 Å². The van der Waals surface area contributed by atoms with Gasteiger partial charge in [-0.25, -0.2) is 8.78 Å². The number of anilines is 1. The molecular formula is C20H14BrF10NO2. The van der Waals surface area contributed by atoms with Crippen molar-refractivity contribution >= 4 is 27.4 Å². The van der Waals surface area contributed by atoms with E-state index in [1.54, 1.807) is 6.92 Å². The molecule has 0 fully saturated rings. The third-order valence-corrected chi connectivity index (χ3v) is 5.26. The first-order chi connectivity index (χ1) is 15.5. The van der Waals surface area contributed by atoms with E-state index in [1.165, 1.54) is 12.1 Å². The minimum atomic E-state index is -6.51. The summed E-state index contributed by atoms with van der Waals surface area (Å²) in [6.07, 6.45) is -14.0. The van der Waals surface area contributed by atoms with Gasteiger partial charge in [0.15, 0.2) is 11.6 Å². The summed E-state index contributed by atoms with van der Waals surface area (Å²) in [5.74, 6) is -3.41. The Balaban J connectivity index is 2.63. The molecule has 2 aromatic carbocycles. The van der Waals surface area contributed by atoms with Gasteiger partial charge in [-0.2, -0.15) is 35.1 Å². The van der Waals surface area contributed by atoms with Crippen LogP contribution >= 0.6 is 15.9 Å². The second kappa shape index (κ2) is 10.0. The summed E-state index contributed by atoms with van der Waals surface area (Å²) in [5, 5.41) is 2.62. The molecule has 0 bridgehead atoms. The second-order valence-corrected chi connectivity index (χ2v) is 7.62. The van der Waals surface area contributed by atoms with E-state index in [4.69, 9.17) is 0 Å². The third kappa shape index (κ3) is 5.41. The summed E-state index contributed by atoms with van der Waals surface area (Å²) in [5.41, 5.74) is -9.30. The molecule has 0 saturated carbocycles. The van der Waals surface area contributed by atoms with Crippen molar-refractivity contribution < 1.29 is 53.4 Å². The standard InChI is InChI=1S/C20H14BrF10NO2/c1-2-32-13-5-3-4-10(16(13)22)14(33)8-11-12(21)6-9(7-15(11)34-17(23)24)18(25,19(26,27)28)20(29,30)31/h3-7,17,32H,2,8H2,1H3. The molecule has 2 rings (SSSR count). The van der Waals surface area contributed by atoms with Gasteiger partial charge in [-0.3, -0.25) is 4.79 Å². The lowest BCUT2D eigenvalue weighted by molar-refractivity contribution is -0.348. The van der Waals surface area contributed by atoms with Gasteiger partial charge >= 0.3 is 24.6 Å². The van der Waals surface area contributed by atoms with Crippen LogP contribution < -0.4 is 10.1 Å². The predicted octanol–water partition coefficient (Wildman–Crippen LogP) is 7.34. The Morgan fingerprint density at radius 2 is 1.65 bits per heavy atom. The highest BCUT2D eigenvalue weighted by Gasteiger charge is 2.73. The van der Waals surface area contributed by atoms with Crippen molar-refractivity contribution in [2.75, 3.05) is 11.9 Å². The van der Waals surface area contributed by atoms with Crippen LogP contribution in [0.15, 0.2) is 34.8 Å². The lowest BCUT2D eigenvalue weighted by atomic mass is 9.91. The number of ketones is 1. The van der Waals surface area contributed by atoms with Crippen LogP contribution in [0.4, 0.5) is 49.6 Å². The number of nitrogens with one attached hydrogen (secondary N) is 1. The number of hydrogen-bond acceptors (Lipinski definition) is 3. The average Bonchev–Trinajstić information content (AvgIpc) is 2.69. The van der Waals surface area contributed by atoms with Crippen LogP contribution in [-0.2, 0) is 12.1 Å². The Bertz CT molecular complexity index is 1040. The van der Waals surface area contributed by atoms with E-state index in [9.17, 15) is 48.7 Å². The maximum atomic E-state index is 14.6. The second-order valence-electron chi connectivity index (χ2n) is 6.76. The quantitative estimate of drug-likeness (QED) is 0.267. The molecule has 34 heavy (non-hydrogen) atoms.